The summed E-state index contributed by atoms with van der Waals surface area (Å²) in [5, 5.41) is 9.25. The fraction of sp³-hybridized carbons (Fsp3) is 1.00. The molecule has 2 aliphatic carbocycles. The molecule has 3 N–H and O–H groups in total. The van der Waals surface area contributed by atoms with E-state index in [0.717, 1.165) is 25.3 Å². The Kier molecular flexibility index (Phi) is 3.33. The monoisotopic (exact) mass is 212 g/mol. The maximum absolute atomic E-state index is 9.25. The average Bonchev–Trinajstić information content (AvgIpc) is 2.86. The summed E-state index contributed by atoms with van der Waals surface area (Å²) in [5.74, 6) is 0. The standard InChI is InChI=1S/C12H24N2O/c1-14(10-4-2-3-5-10)11-6-7-12(13,8-11)9-15/h10-11,15H,2-9,13H2,1H3. The SMILES string of the molecule is CN(C1CCCC1)C1CCC(N)(CO)C1. The first-order valence-corrected chi connectivity index (χ1v) is 6.26. The van der Waals surface area contributed by atoms with E-state index in [2.05, 4.69) is 11.9 Å². The van der Waals surface area contributed by atoms with Crippen LogP contribution in [0.5, 0.6) is 0 Å². The van der Waals surface area contributed by atoms with E-state index < -0.39 is 0 Å². The van der Waals surface area contributed by atoms with Crippen molar-refractivity contribution < 1.29 is 5.11 Å². The van der Waals surface area contributed by atoms with Crippen LogP contribution in [0.3, 0.4) is 0 Å². The fourth-order valence-corrected chi connectivity index (χ4v) is 3.23. The Bertz CT molecular complexity index is 216. The second-order valence-electron chi connectivity index (χ2n) is 5.52. The van der Waals surface area contributed by atoms with Gasteiger partial charge < -0.3 is 15.7 Å². The molecule has 2 aliphatic rings. The molecule has 0 aliphatic heterocycles. The van der Waals surface area contributed by atoms with Crippen LogP contribution in [0.15, 0.2) is 0 Å². The third kappa shape index (κ3) is 2.35. The van der Waals surface area contributed by atoms with Gasteiger partial charge in [-0.05, 0) is 39.2 Å². The van der Waals surface area contributed by atoms with Crippen molar-refractivity contribution in [3.63, 3.8) is 0 Å². The second kappa shape index (κ2) is 4.40. The Hall–Kier alpha value is -0.120. The van der Waals surface area contributed by atoms with Gasteiger partial charge in [0.2, 0.25) is 0 Å². The lowest BCUT2D eigenvalue weighted by molar-refractivity contribution is 0.153. The van der Waals surface area contributed by atoms with Gasteiger partial charge in [0.1, 0.15) is 0 Å². The van der Waals surface area contributed by atoms with Crippen molar-refractivity contribution in [3.05, 3.63) is 0 Å². The fourth-order valence-electron chi connectivity index (χ4n) is 3.23. The van der Waals surface area contributed by atoms with Crippen molar-refractivity contribution >= 4 is 0 Å². The highest BCUT2D eigenvalue weighted by molar-refractivity contribution is 4.97. The summed E-state index contributed by atoms with van der Waals surface area (Å²) in [6, 6.07) is 1.38. The first kappa shape index (κ1) is 11.4. The molecule has 0 aromatic heterocycles. The number of nitrogens with two attached hydrogens (primary N) is 1. The molecule has 3 heteroatoms. The van der Waals surface area contributed by atoms with Gasteiger partial charge in [-0.25, -0.2) is 0 Å². The number of aliphatic hydroxyl groups is 1. The average molecular weight is 212 g/mol. The first-order valence-electron chi connectivity index (χ1n) is 6.26. The molecular formula is C12H24N2O. The van der Waals surface area contributed by atoms with Crippen LogP contribution in [0, 0.1) is 0 Å². The zero-order valence-electron chi connectivity index (χ0n) is 9.78. The highest BCUT2D eigenvalue weighted by atomic mass is 16.3. The number of aliphatic hydroxyl groups excluding tert-OH is 1. The van der Waals surface area contributed by atoms with Crippen molar-refractivity contribution in [3.8, 4) is 0 Å². The lowest BCUT2D eigenvalue weighted by Crippen LogP contribution is -2.44. The maximum atomic E-state index is 9.25. The van der Waals surface area contributed by atoms with Crippen LogP contribution in [-0.2, 0) is 0 Å². The minimum absolute atomic E-state index is 0.141. The predicted octanol–water partition coefficient (Wildman–Crippen LogP) is 1.10. The third-order valence-electron chi connectivity index (χ3n) is 4.41. The Balaban J connectivity index is 1.89. The van der Waals surface area contributed by atoms with Crippen molar-refractivity contribution in [2.45, 2.75) is 62.6 Å². The van der Waals surface area contributed by atoms with E-state index >= 15 is 0 Å². The van der Waals surface area contributed by atoms with Crippen LogP contribution < -0.4 is 5.73 Å². The third-order valence-corrected chi connectivity index (χ3v) is 4.41. The van der Waals surface area contributed by atoms with Crippen LogP contribution in [-0.4, -0.2) is 41.3 Å². The predicted molar refractivity (Wildman–Crippen MR) is 61.7 cm³/mol. The molecule has 0 aromatic rings. The molecule has 15 heavy (non-hydrogen) atoms. The van der Waals surface area contributed by atoms with Crippen LogP contribution in [0.4, 0.5) is 0 Å². The zero-order valence-corrected chi connectivity index (χ0v) is 9.78. The number of nitrogens with zero attached hydrogens (tertiary/aromatic N) is 1. The molecule has 2 atom stereocenters. The zero-order chi connectivity index (χ0) is 10.9. The van der Waals surface area contributed by atoms with Crippen LogP contribution in [0.2, 0.25) is 0 Å². The molecule has 88 valence electrons. The number of hydrogen-bond donors (Lipinski definition) is 2. The molecule has 0 aromatic carbocycles. The van der Waals surface area contributed by atoms with E-state index in [1.165, 1.54) is 25.7 Å². The molecule has 0 amide bonds. The summed E-state index contributed by atoms with van der Waals surface area (Å²) >= 11 is 0. The van der Waals surface area contributed by atoms with E-state index in [0.29, 0.717) is 6.04 Å². The lowest BCUT2D eigenvalue weighted by Gasteiger charge is -2.31. The van der Waals surface area contributed by atoms with E-state index in [-0.39, 0.29) is 12.1 Å². The van der Waals surface area contributed by atoms with Gasteiger partial charge in [-0.3, -0.25) is 0 Å². The molecule has 0 saturated heterocycles. The molecule has 0 spiro atoms. The van der Waals surface area contributed by atoms with E-state index in [1.807, 2.05) is 0 Å². The van der Waals surface area contributed by atoms with Gasteiger partial charge in [-0.2, -0.15) is 0 Å². The molecule has 2 rings (SSSR count). The smallest absolute Gasteiger partial charge is 0.0611 e. The van der Waals surface area contributed by atoms with Gasteiger partial charge in [-0.1, -0.05) is 12.8 Å². The van der Waals surface area contributed by atoms with E-state index in [4.69, 9.17) is 5.73 Å². The largest absolute Gasteiger partial charge is 0.394 e. The Labute approximate surface area is 92.6 Å². The Morgan fingerprint density at radius 3 is 2.47 bits per heavy atom. The summed E-state index contributed by atoms with van der Waals surface area (Å²) in [4.78, 5) is 2.53. The quantitative estimate of drug-likeness (QED) is 0.736. The maximum Gasteiger partial charge on any atom is 0.0611 e. The van der Waals surface area contributed by atoms with Crippen molar-refractivity contribution in [1.29, 1.82) is 0 Å². The summed E-state index contributed by atoms with van der Waals surface area (Å²) in [6.07, 6.45) is 8.57. The molecule has 3 nitrogen and oxygen atoms in total. The molecule has 0 radical (unpaired) electrons. The number of rotatable bonds is 3. The van der Waals surface area contributed by atoms with E-state index in [1.54, 1.807) is 0 Å². The highest BCUT2D eigenvalue weighted by Crippen LogP contribution is 2.34. The van der Waals surface area contributed by atoms with Crippen LogP contribution in [0.1, 0.15) is 44.9 Å². The Morgan fingerprint density at radius 2 is 1.93 bits per heavy atom. The van der Waals surface area contributed by atoms with Gasteiger partial charge in [0.25, 0.3) is 0 Å². The molecule has 2 unspecified atom stereocenters. The minimum Gasteiger partial charge on any atom is -0.394 e. The van der Waals surface area contributed by atoms with Crippen LogP contribution in [0.25, 0.3) is 0 Å². The number of hydrogen-bond acceptors (Lipinski definition) is 3. The molecule has 0 bridgehead atoms. The van der Waals surface area contributed by atoms with Gasteiger partial charge in [0, 0.05) is 17.6 Å². The first-order chi connectivity index (χ1) is 7.14. The summed E-state index contributed by atoms with van der Waals surface area (Å²) < 4.78 is 0. The topological polar surface area (TPSA) is 49.5 Å². The minimum atomic E-state index is -0.294. The highest BCUT2D eigenvalue weighted by Gasteiger charge is 2.38. The van der Waals surface area contributed by atoms with Crippen molar-refractivity contribution in [1.82, 2.24) is 4.90 Å². The molecule has 2 saturated carbocycles. The Morgan fingerprint density at radius 1 is 1.27 bits per heavy atom. The van der Waals surface area contributed by atoms with E-state index in [9.17, 15) is 5.11 Å². The lowest BCUT2D eigenvalue weighted by atomic mass is 10.00. The van der Waals surface area contributed by atoms with Gasteiger partial charge in [0.15, 0.2) is 0 Å². The summed E-state index contributed by atoms with van der Waals surface area (Å²) in [5.41, 5.74) is 5.81. The summed E-state index contributed by atoms with van der Waals surface area (Å²) in [6.45, 7) is 0.141. The van der Waals surface area contributed by atoms with Crippen LogP contribution >= 0.6 is 0 Å². The van der Waals surface area contributed by atoms with Gasteiger partial charge >= 0.3 is 0 Å². The van der Waals surface area contributed by atoms with Gasteiger partial charge in [0.05, 0.1) is 6.61 Å². The van der Waals surface area contributed by atoms with Crippen molar-refractivity contribution in [2.75, 3.05) is 13.7 Å². The van der Waals surface area contributed by atoms with Crippen molar-refractivity contribution in [2.24, 2.45) is 5.73 Å². The second-order valence-corrected chi connectivity index (χ2v) is 5.52. The summed E-state index contributed by atoms with van der Waals surface area (Å²) in [7, 11) is 2.24. The normalized spacial score (nSPS) is 38.0. The van der Waals surface area contributed by atoms with Gasteiger partial charge in [-0.15, -0.1) is 0 Å². The molecule has 2 fully saturated rings. The molecular weight excluding hydrogens is 188 g/mol. The molecule has 0 heterocycles.